The van der Waals surface area contributed by atoms with E-state index in [1.165, 1.54) is 0 Å². The lowest BCUT2D eigenvalue weighted by molar-refractivity contribution is 0.0602. The van der Waals surface area contributed by atoms with E-state index >= 15 is 0 Å². The molecule has 1 fully saturated rings. The van der Waals surface area contributed by atoms with Gasteiger partial charge in [0.1, 0.15) is 0 Å². The summed E-state index contributed by atoms with van der Waals surface area (Å²) in [6.07, 6.45) is -0.833. The molecular weight excluding hydrogens is 228 g/mol. The van der Waals surface area contributed by atoms with Crippen molar-refractivity contribution in [3.8, 4) is 0 Å². The van der Waals surface area contributed by atoms with Crippen molar-refractivity contribution in [2.45, 2.75) is 32.4 Å². The number of para-hydroxylation sites is 1. The minimum absolute atomic E-state index is 0.0858. The van der Waals surface area contributed by atoms with Crippen LogP contribution in [-0.4, -0.2) is 40.8 Å². The number of anilines is 1. The van der Waals surface area contributed by atoms with Crippen LogP contribution in [-0.2, 0) is 0 Å². The second-order valence-electron chi connectivity index (χ2n) is 5.72. The van der Waals surface area contributed by atoms with Gasteiger partial charge in [0.05, 0.1) is 6.04 Å². The summed E-state index contributed by atoms with van der Waals surface area (Å²) in [5.74, 6) is 0. The number of hydrogen-bond donors (Lipinski definition) is 1. The van der Waals surface area contributed by atoms with E-state index in [1.807, 2.05) is 39.0 Å². The van der Waals surface area contributed by atoms with Crippen molar-refractivity contribution < 1.29 is 9.90 Å². The van der Waals surface area contributed by atoms with E-state index in [0.717, 1.165) is 18.8 Å². The van der Waals surface area contributed by atoms with Crippen LogP contribution < -0.4 is 4.90 Å². The van der Waals surface area contributed by atoms with Crippen molar-refractivity contribution in [3.63, 3.8) is 0 Å². The molecular formula is C14H20N2O2. The van der Waals surface area contributed by atoms with Gasteiger partial charge in [0.15, 0.2) is 0 Å². The predicted octanol–water partition coefficient (Wildman–Crippen LogP) is 2.65. The second kappa shape index (κ2) is 4.52. The van der Waals surface area contributed by atoms with Gasteiger partial charge < -0.3 is 10.0 Å². The van der Waals surface area contributed by atoms with Gasteiger partial charge in [-0.1, -0.05) is 18.2 Å². The molecule has 4 nitrogen and oxygen atoms in total. The van der Waals surface area contributed by atoms with Gasteiger partial charge in [0, 0.05) is 24.3 Å². The standard InChI is InChI=1S/C14H20N2O2/c1-14(2,3)16(13(17)18)12-9-15(10-12)11-7-5-4-6-8-11/h4-8,12H,9-10H2,1-3H3,(H,17,18). The molecule has 1 aromatic carbocycles. The van der Waals surface area contributed by atoms with Crippen LogP contribution in [0.25, 0.3) is 0 Å². The lowest BCUT2D eigenvalue weighted by atomic mass is 9.98. The molecule has 0 aliphatic carbocycles. The molecule has 0 saturated carbocycles. The monoisotopic (exact) mass is 248 g/mol. The van der Waals surface area contributed by atoms with Crippen molar-refractivity contribution >= 4 is 11.8 Å². The van der Waals surface area contributed by atoms with E-state index < -0.39 is 6.09 Å². The normalized spacial score (nSPS) is 16.3. The Balaban J connectivity index is 2.02. The maximum absolute atomic E-state index is 11.3. The van der Waals surface area contributed by atoms with Gasteiger partial charge in [-0.2, -0.15) is 0 Å². The highest BCUT2D eigenvalue weighted by Gasteiger charge is 2.40. The first-order chi connectivity index (χ1) is 8.39. The molecule has 1 aliphatic rings. The number of carbonyl (C=O) groups is 1. The fraction of sp³-hybridized carbons (Fsp3) is 0.500. The van der Waals surface area contributed by atoms with E-state index in [9.17, 15) is 9.90 Å². The van der Waals surface area contributed by atoms with Crippen LogP contribution >= 0.6 is 0 Å². The van der Waals surface area contributed by atoms with Crippen LogP contribution in [0.5, 0.6) is 0 Å². The Morgan fingerprint density at radius 1 is 1.28 bits per heavy atom. The molecule has 0 unspecified atom stereocenters. The van der Waals surface area contributed by atoms with Gasteiger partial charge in [-0.25, -0.2) is 4.79 Å². The lowest BCUT2D eigenvalue weighted by Crippen LogP contribution is -2.65. The smallest absolute Gasteiger partial charge is 0.408 e. The Bertz CT molecular complexity index is 419. The zero-order valence-corrected chi connectivity index (χ0v) is 11.1. The number of benzene rings is 1. The first kappa shape index (κ1) is 12.7. The first-order valence-electron chi connectivity index (χ1n) is 6.22. The third kappa shape index (κ3) is 2.42. The molecule has 0 spiro atoms. The van der Waals surface area contributed by atoms with Crippen LogP contribution in [0.4, 0.5) is 10.5 Å². The summed E-state index contributed by atoms with van der Waals surface area (Å²) in [5.41, 5.74) is 0.812. The van der Waals surface area contributed by atoms with Gasteiger partial charge in [0.2, 0.25) is 0 Å². The summed E-state index contributed by atoms with van der Waals surface area (Å²) in [7, 11) is 0. The van der Waals surface area contributed by atoms with Crippen LogP contribution in [0, 0.1) is 0 Å². The van der Waals surface area contributed by atoms with Crippen molar-refractivity contribution in [1.82, 2.24) is 4.90 Å². The fourth-order valence-corrected chi connectivity index (χ4v) is 2.46. The van der Waals surface area contributed by atoms with Gasteiger partial charge in [-0.3, -0.25) is 4.90 Å². The molecule has 4 heteroatoms. The van der Waals surface area contributed by atoms with Gasteiger partial charge in [-0.05, 0) is 32.9 Å². The minimum Gasteiger partial charge on any atom is -0.465 e. The topological polar surface area (TPSA) is 43.8 Å². The van der Waals surface area contributed by atoms with Crippen molar-refractivity contribution in [3.05, 3.63) is 30.3 Å². The van der Waals surface area contributed by atoms with E-state index in [1.54, 1.807) is 4.90 Å². The largest absolute Gasteiger partial charge is 0.465 e. The van der Waals surface area contributed by atoms with Crippen LogP contribution in [0.15, 0.2) is 30.3 Å². The zero-order chi connectivity index (χ0) is 13.3. The summed E-state index contributed by atoms with van der Waals surface area (Å²) in [6, 6.07) is 10.2. The summed E-state index contributed by atoms with van der Waals surface area (Å²) in [6.45, 7) is 7.35. The Hall–Kier alpha value is -1.71. The number of rotatable bonds is 2. The molecule has 0 bridgehead atoms. The summed E-state index contributed by atoms with van der Waals surface area (Å²) in [5, 5.41) is 9.31. The Kier molecular flexibility index (Phi) is 3.20. The van der Waals surface area contributed by atoms with Crippen LogP contribution in [0.3, 0.4) is 0 Å². The number of amides is 1. The molecule has 0 aromatic heterocycles. The Morgan fingerprint density at radius 3 is 2.28 bits per heavy atom. The van der Waals surface area contributed by atoms with Crippen molar-refractivity contribution in [2.24, 2.45) is 0 Å². The molecule has 1 aliphatic heterocycles. The number of carboxylic acid groups (broad SMARTS) is 1. The summed E-state index contributed by atoms with van der Waals surface area (Å²) >= 11 is 0. The third-order valence-electron chi connectivity index (χ3n) is 3.28. The Morgan fingerprint density at radius 2 is 1.83 bits per heavy atom. The molecule has 1 amide bonds. The van der Waals surface area contributed by atoms with E-state index in [2.05, 4.69) is 17.0 Å². The number of hydrogen-bond acceptors (Lipinski definition) is 2. The highest BCUT2D eigenvalue weighted by molar-refractivity contribution is 5.67. The highest BCUT2D eigenvalue weighted by Crippen LogP contribution is 2.27. The quantitative estimate of drug-likeness (QED) is 0.875. The van der Waals surface area contributed by atoms with Crippen LogP contribution in [0.2, 0.25) is 0 Å². The molecule has 98 valence electrons. The maximum Gasteiger partial charge on any atom is 0.408 e. The molecule has 1 saturated heterocycles. The van der Waals surface area contributed by atoms with Crippen molar-refractivity contribution in [2.75, 3.05) is 18.0 Å². The fourth-order valence-electron chi connectivity index (χ4n) is 2.46. The average molecular weight is 248 g/mol. The van der Waals surface area contributed by atoms with Gasteiger partial charge in [0.25, 0.3) is 0 Å². The summed E-state index contributed by atoms with van der Waals surface area (Å²) in [4.78, 5) is 15.1. The van der Waals surface area contributed by atoms with E-state index in [-0.39, 0.29) is 11.6 Å². The maximum atomic E-state index is 11.3. The van der Waals surface area contributed by atoms with Gasteiger partial charge in [-0.15, -0.1) is 0 Å². The second-order valence-corrected chi connectivity index (χ2v) is 5.72. The number of nitrogens with zero attached hydrogens (tertiary/aromatic N) is 2. The highest BCUT2D eigenvalue weighted by atomic mass is 16.4. The predicted molar refractivity (Wildman–Crippen MR) is 72.1 cm³/mol. The molecule has 1 aromatic rings. The van der Waals surface area contributed by atoms with E-state index in [4.69, 9.17) is 0 Å². The Labute approximate surface area is 108 Å². The van der Waals surface area contributed by atoms with Crippen LogP contribution in [0.1, 0.15) is 20.8 Å². The summed E-state index contributed by atoms with van der Waals surface area (Å²) < 4.78 is 0. The average Bonchev–Trinajstić information content (AvgIpc) is 2.21. The molecule has 0 atom stereocenters. The molecule has 1 heterocycles. The molecule has 2 rings (SSSR count). The van der Waals surface area contributed by atoms with Crippen molar-refractivity contribution in [1.29, 1.82) is 0 Å². The minimum atomic E-state index is -0.833. The van der Waals surface area contributed by atoms with E-state index in [0.29, 0.717) is 0 Å². The lowest BCUT2D eigenvalue weighted by Gasteiger charge is -2.50. The molecule has 1 N–H and O–H groups in total. The van der Waals surface area contributed by atoms with Gasteiger partial charge >= 0.3 is 6.09 Å². The third-order valence-corrected chi connectivity index (χ3v) is 3.28. The molecule has 0 radical (unpaired) electrons. The molecule has 18 heavy (non-hydrogen) atoms. The first-order valence-corrected chi connectivity index (χ1v) is 6.22. The SMILES string of the molecule is CC(C)(C)N(C(=O)O)C1CN(c2ccccc2)C1. The zero-order valence-electron chi connectivity index (χ0n) is 11.1.